The van der Waals surface area contributed by atoms with Gasteiger partial charge in [-0.15, -0.1) is 0 Å². The van der Waals surface area contributed by atoms with E-state index in [-0.39, 0.29) is 6.04 Å². The number of rotatable bonds is 1. The number of piperazine rings is 1. The van der Waals surface area contributed by atoms with E-state index in [9.17, 15) is 4.79 Å². The Labute approximate surface area is 73.1 Å². The fraction of sp³-hybridized carbons (Fsp3) is 0.889. The Morgan fingerprint density at radius 1 is 1.50 bits per heavy atom. The van der Waals surface area contributed by atoms with Gasteiger partial charge >= 0.3 is 0 Å². The van der Waals surface area contributed by atoms with E-state index >= 15 is 0 Å². The van der Waals surface area contributed by atoms with E-state index in [0.29, 0.717) is 11.9 Å². The molecule has 3 nitrogen and oxygen atoms in total. The second kappa shape index (κ2) is 3.05. The molecule has 2 aliphatic rings. The van der Waals surface area contributed by atoms with Gasteiger partial charge < -0.3 is 10.2 Å². The van der Waals surface area contributed by atoms with Crippen molar-refractivity contribution in [1.82, 2.24) is 10.2 Å². The fourth-order valence-corrected chi connectivity index (χ4v) is 1.91. The van der Waals surface area contributed by atoms with Crippen LogP contribution in [-0.4, -0.2) is 36.0 Å². The third-order valence-corrected chi connectivity index (χ3v) is 2.97. The topological polar surface area (TPSA) is 32.3 Å². The van der Waals surface area contributed by atoms with Crippen LogP contribution in [0, 0.1) is 0 Å². The smallest absolute Gasteiger partial charge is 0.239 e. The summed E-state index contributed by atoms with van der Waals surface area (Å²) < 4.78 is 0. The van der Waals surface area contributed by atoms with Gasteiger partial charge in [0, 0.05) is 19.1 Å². The van der Waals surface area contributed by atoms with Crippen LogP contribution in [0.5, 0.6) is 0 Å². The molecule has 0 aromatic heterocycles. The molecule has 0 bridgehead atoms. The number of nitrogens with one attached hydrogen (secondary N) is 1. The summed E-state index contributed by atoms with van der Waals surface area (Å²) in [5, 5.41) is 3.17. The highest BCUT2D eigenvalue weighted by Crippen LogP contribution is 2.25. The molecule has 2 fully saturated rings. The first-order chi connectivity index (χ1) is 5.79. The Balaban J connectivity index is 1.98. The number of hydrogen-bond acceptors (Lipinski definition) is 2. The molecule has 0 aromatic carbocycles. The van der Waals surface area contributed by atoms with E-state index in [1.54, 1.807) is 0 Å². The third-order valence-electron chi connectivity index (χ3n) is 2.97. The summed E-state index contributed by atoms with van der Waals surface area (Å²) in [7, 11) is 0. The van der Waals surface area contributed by atoms with Crippen LogP contribution in [0.1, 0.15) is 26.2 Å². The minimum Gasteiger partial charge on any atom is -0.337 e. The second-order valence-electron chi connectivity index (χ2n) is 3.79. The van der Waals surface area contributed by atoms with Crippen LogP contribution in [0.15, 0.2) is 0 Å². The number of amides is 1. The quantitative estimate of drug-likeness (QED) is 0.613. The average Bonchev–Trinajstić information content (AvgIpc) is 1.95. The van der Waals surface area contributed by atoms with Gasteiger partial charge in [0.1, 0.15) is 0 Å². The molecule has 1 aliphatic carbocycles. The summed E-state index contributed by atoms with van der Waals surface area (Å²) in [5.41, 5.74) is 0. The van der Waals surface area contributed by atoms with Gasteiger partial charge in [-0.25, -0.2) is 0 Å². The molecule has 0 spiro atoms. The van der Waals surface area contributed by atoms with Crippen molar-refractivity contribution in [3.05, 3.63) is 0 Å². The maximum absolute atomic E-state index is 11.6. The zero-order chi connectivity index (χ0) is 8.55. The predicted molar refractivity (Wildman–Crippen MR) is 46.8 cm³/mol. The summed E-state index contributed by atoms with van der Waals surface area (Å²) in [4.78, 5) is 13.7. The molecule has 1 amide bonds. The average molecular weight is 168 g/mol. The summed E-state index contributed by atoms with van der Waals surface area (Å²) in [5.74, 6) is 0.297. The zero-order valence-corrected chi connectivity index (χ0v) is 7.55. The molecule has 1 atom stereocenters. The highest BCUT2D eigenvalue weighted by Gasteiger charge is 2.33. The van der Waals surface area contributed by atoms with E-state index in [1.165, 1.54) is 19.3 Å². The SMILES string of the molecule is CC1NCCN(C2CCC2)C1=O. The van der Waals surface area contributed by atoms with Crippen molar-refractivity contribution >= 4 is 5.91 Å². The summed E-state index contributed by atoms with van der Waals surface area (Å²) in [6.07, 6.45) is 3.74. The molecule has 68 valence electrons. The molecule has 1 unspecified atom stereocenters. The number of carbonyl (C=O) groups is 1. The van der Waals surface area contributed by atoms with Gasteiger partial charge in [0.05, 0.1) is 6.04 Å². The highest BCUT2D eigenvalue weighted by molar-refractivity contribution is 5.82. The van der Waals surface area contributed by atoms with Crippen molar-refractivity contribution in [2.45, 2.75) is 38.3 Å². The van der Waals surface area contributed by atoms with E-state index < -0.39 is 0 Å². The third kappa shape index (κ3) is 1.22. The zero-order valence-electron chi connectivity index (χ0n) is 7.55. The van der Waals surface area contributed by atoms with Crippen molar-refractivity contribution in [2.24, 2.45) is 0 Å². The van der Waals surface area contributed by atoms with Gasteiger partial charge in [0.25, 0.3) is 0 Å². The molecule has 1 saturated heterocycles. The lowest BCUT2D eigenvalue weighted by Gasteiger charge is -2.41. The fourth-order valence-electron chi connectivity index (χ4n) is 1.91. The van der Waals surface area contributed by atoms with Gasteiger partial charge in [-0.3, -0.25) is 4.79 Å². The van der Waals surface area contributed by atoms with Crippen LogP contribution in [0.3, 0.4) is 0 Å². The Hall–Kier alpha value is -0.570. The van der Waals surface area contributed by atoms with Crippen LogP contribution in [0.4, 0.5) is 0 Å². The molecular formula is C9H16N2O. The second-order valence-corrected chi connectivity index (χ2v) is 3.79. The minimum atomic E-state index is 0.0411. The Morgan fingerprint density at radius 2 is 2.25 bits per heavy atom. The number of carbonyl (C=O) groups excluding carboxylic acids is 1. The Bertz CT molecular complexity index is 189. The minimum absolute atomic E-state index is 0.0411. The number of nitrogens with zero attached hydrogens (tertiary/aromatic N) is 1. The Morgan fingerprint density at radius 3 is 2.83 bits per heavy atom. The van der Waals surface area contributed by atoms with Gasteiger partial charge in [-0.1, -0.05) is 0 Å². The molecule has 1 heterocycles. The first kappa shape index (κ1) is 8.05. The van der Waals surface area contributed by atoms with Gasteiger partial charge in [-0.05, 0) is 26.2 Å². The monoisotopic (exact) mass is 168 g/mol. The van der Waals surface area contributed by atoms with Crippen LogP contribution >= 0.6 is 0 Å². The molecule has 2 rings (SSSR count). The summed E-state index contributed by atoms with van der Waals surface area (Å²) in [6, 6.07) is 0.612. The standard InChI is InChI=1S/C9H16N2O/c1-7-9(12)11(6-5-10-7)8-3-2-4-8/h7-8,10H,2-6H2,1H3. The highest BCUT2D eigenvalue weighted by atomic mass is 16.2. The lowest BCUT2D eigenvalue weighted by molar-refractivity contribution is -0.139. The molecule has 1 N–H and O–H groups in total. The maximum atomic E-state index is 11.6. The molecule has 1 saturated carbocycles. The van der Waals surface area contributed by atoms with Gasteiger partial charge in [0.2, 0.25) is 5.91 Å². The van der Waals surface area contributed by atoms with Crippen molar-refractivity contribution in [1.29, 1.82) is 0 Å². The number of hydrogen-bond donors (Lipinski definition) is 1. The molecular weight excluding hydrogens is 152 g/mol. The summed E-state index contributed by atoms with van der Waals surface area (Å²) >= 11 is 0. The maximum Gasteiger partial charge on any atom is 0.239 e. The molecule has 12 heavy (non-hydrogen) atoms. The lowest BCUT2D eigenvalue weighted by Crippen LogP contribution is -2.58. The van der Waals surface area contributed by atoms with Gasteiger partial charge in [0.15, 0.2) is 0 Å². The van der Waals surface area contributed by atoms with Crippen molar-refractivity contribution < 1.29 is 4.79 Å². The molecule has 3 heteroatoms. The molecule has 1 aliphatic heterocycles. The van der Waals surface area contributed by atoms with Crippen molar-refractivity contribution in [3.8, 4) is 0 Å². The largest absolute Gasteiger partial charge is 0.337 e. The predicted octanol–water partition coefficient (Wildman–Crippen LogP) is 0.359. The Kier molecular flexibility index (Phi) is 2.05. The van der Waals surface area contributed by atoms with Crippen LogP contribution in [-0.2, 0) is 4.79 Å². The van der Waals surface area contributed by atoms with Gasteiger partial charge in [-0.2, -0.15) is 0 Å². The van der Waals surface area contributed by atoms with Crippen LogP contribution in [0.2, 0.25) is 0 Å². The lowest BCUT2D eigenvalue weighted by atomic mass is 9.90. The first-order valence-electron chi connectivity index (χ1n) is 4.83. The normalized spacial score (nSPS) is 31.9. The van der Waals surface area contributed by atoms with E-state index in [1.807, 2.05) is 6.92 Å². The van der Waals surface area contributed by atoms with E-state index in [0.717, 1.165) is 13.1 Å². The summed E-state index contributed by atoms with van der Waals surface area (Å²) in [6.45, 7) is 3.82. The van der Waals surface area contributed by atoms with Crippen molar-refractivity contribution in [3.63, 3.8) is 0 Å². The van der Waals surface area contributed by atoms with E-state index in [2.05, 4.69) is 10.2 Å². The molecule has 0 radical (unpaired) electrons. The first-order valence-corrected chi connectivity index (χ1v) is 4.83. The van der Waals surface area contributed by atoms with E-state index in [4.69, 9.17) is 0 Å². The van der Waals surface area contributed by atoms with Crippen LogP contribution in [0.25, 0.3) is 0 Å². The van der Waals surface area contributed by atoms with Crippen molar-refractivity contribution in [2.75, 3.05) is 13.1 Å². The molecule has 0 aromatic rings. The van der Waals surface area contributed by atoms with Crippen LogP contribution < -0.4 is 5.32 Å².